The highest BCUT2D eigenvalue weighted by atomic mass is 31.1. The van der Waals surface area contributed by atoms with E-state index >= 15 is 0 Å². The molecule has 0 spiro atoms. The third-order valence-electron chi connectivity index (χ3n) is 7.26. The van der Waals surface area contributed by atoms with Crippen molar-refractivity contribution < 1.29 is 4.57 Å². The molecule has 0 unspecified atom stereocenters. The number of hydrogen-bond donors (Lipinski definition) is 0. The number of rotatable bonds is 3. The number of aromatic nitrogens is 1. The Morgan fingerprint density at radius 1 is 0.533 bits per heavy atom. The summed E-state index contributed by atoms with van der Waals surface area (Å²) in [6.45, 7) is 0. The van der Waals surface area contributed by atoms with Crippen LogP contribution in [0.25, 0.3) is 54.8 Å². The minimum Gasteiger partial charge on any atom is -0.269 e. The Balaban J connectivity index is 0.000000227. The van der Waals surface area contributed by atoms with E-state index in [0.717, 1.165) is 45.0 Å². The van der Waals surface area contributed by atoms with Crippen molar-refractivity contribution in [3.8, 4) is 22.4 Å². The fraction of sp³-hybridized carbons (Fsp3) is 0.0238. The van der Waals surface area contributed by atoms with E-state index in [2.05, 4.69) is 140 Å². The molecule has 6 aromatic carbocycles. The fourth-order valence-corrected chi connectivity index (χ4v) is 5.58. The van der Waals surface area contributed by atoms with E-state index in [4.69, 9.17) is 4.98 Å². The van der Waals surface area contributed by atoms with Crippen molar-refractivity contribution in [1.82, 2.24) is 4.98 Å². The van der Waals surface area contributed by atoms with Gasteiger partial charge in [0, 0.05) is 63.4 Å². The van der Waals surface area contributed by atoms with Gasteiger partial charge in [0.15, 0.2) is 8.46 Å². The maximum atomic E-state index is 11.3. The van der Waals surface area contributed by atoms with Crippen LogP contribution in [0.15, 0.2) is 146 Å². The van der Waals surface area contributed by atoms with E-state index in [1.54, 1.807) is 0 Å². The van der Waals surface area contributed by atoms with Gasteiger partial charge in [-0.05, 0) is 52.6 Å². The molecule has 2 nitrogen and oxygen atoms in total. The molecule has 0 amide bonds. The number of hydrogen-bond acceptors (Lipinski definition) is 2. The third kappa shape index (κ3) is 6.99. The first-order chi connectivity index (χ1) is 22.3. The lowest BCUT2D eigenvalue weighted by atomic mass is 9.94. The third-order valence-corrected chi connectivity index (χ3v) is 7.75. The van der Waals surface area contributed by atoms with E-state index in [0.29, 0.717) is 0 Å². The summed E-state index contributed by atoms with van der Waals surface area (Å²) < 4.78 is 11.3. The molecule has 3 heteroatoms. The Morgan fingerprint density at radius 3 is 1.89 bits per heavy atom. The average Bonchev–Trinajstić information content (AvgIpc) is 3.46. The first-order valence-corrected chi connectivity index (χ1v) is 15.4. The van der Waals surface area contributed by atoms with E-state index in [1.165, 1.54) is 21.5 Å². The Kier molecular flexibility index (Phi) is 9.36. The molecule has 1 aromatic heterocycles. The molecule has 0 saturated heterocycles. The van der Waals surface area contributed by atoms with Crippen LogP contribution in [0, 0.1) is 36.4 Å². The largest absolute Gasteiger partial charge is 0.269 e. The zero-order valence-corrected chi connectivity index (χ0v) is 25.3. The Labute approximate surface area is 265 Å². The second-order valence-electron chi connectivity index (χ2n) is 10.1. The van der Waals surface area contributed by atoms with E-state index in [9.17, 15) is 4.57 Å². The maximum absolute atomic E-state index is 11.3. The lowest BCUT2D eigenvalue weighted by molar-refractivity contribution is 0.603. The maximum Gasteiger partial charge on any atom is 0.192 e. The second-order valence-corrected chi connectivity index (χ2v) is 10.8. The van der Waals surface area contributed by atoms with Gasteiger partial charge in [0.2, 0.25) is 0 Å². The van der Waals surface area contributed by atoms with Gasteiger partial charge < -0.3 is 0 Å². The van der Waals surface area contributed by atoms with Crippen LogP contribution in [-0.4, -0.2) is 4.98 Å². The van der Waals surface area contributed by atoms with Crippen molar-refractivity contribution in [1.29, 1.82) is 0 Å². The lowest BCUT2D eigenvalue weighted by Crippen LogP contribution is -1.93. The van der Waals surface area contributed by atoms with Gasteiger partial charge in [-0.3, -0.25) is 4.57 Å². The van der Waals surface area contributed by atoms with Crippen molar-refractivity contribution in [3.05, 3.63) is 182 Å². The minimum absolute atomic E-state index is 0.0329. The molecule has 0 fully saturated rings. The summed E-state index contributed by atoms with van der Waals surface area (Å²) in [5.74, 6) is 0. The predicted molar refractivity (Wildman–Crippen MR) is 186 cm³/mol. The summed E-state index contributed by atoms with van der Waals surface area (Å²) in [4.78, 5) is 5.10. The van der Waals surface area contributed by atoms with Crippen molar-refractivity contribution in [2.24, 2.45) is 0 Å². The van der Waals surface area contributed by atoms with Gasteiger partial charge >= 0.3 is 0 Å². The van der Waals surface area contributed by atoms with Crippen molar-refractivity contribution >= 4 is 46.2 Å². The van der Waals surface area contributed by atoms with Gasteiger partial charge in [0.25, 0.3) is 0 Å². The summed E-state index contributed by atoms with van der Waals surface area (Å²) in [6.07, 6.45) is 13.5. The van der Waals surface area contributed by atoms with Crippen molar-refractivity contribution in [3.63, 3.8) is 0 Å². The first kappa shape index (κ1) is 29.1. The Bertz CT molecular complexity index is 2110. The number of benzene rings is 5. The lowest BCUT2D eigenvalue weighted by Gasteiger charge is -2.13. The smallest absolute Gasteiger partial charge is 0.192 e. The van der Waals surface area contributed by atoms with Crippen LogP contribution in [-0.2, 0) is 4.57 Å². The normalized spacial score (nSPS) is 11.4. The first-order valence-electron chi connectivity index (χ1n) is 14.5. The average molecular weight is 592 g/mol. The SMILES string of the molecule is C1=CC=CCC=C1.O=Pc1cccc(-c2cccc(-c3nc4ccccc4c4c3ccc3ccccc34)c2)c1.c1c#cc#cc#1. The molecule has 0 atom stereocenters. The van der Waals surface area contributed by atoms with Gasteiger partial charge in [-0.15, -0.1) is 0 Å². The number of fused-ring (bicyclic) bond motifs is 5. The summed E-state index contributed by atoms with van der Waals surface area (Å²) in [5, 5.41) is 6.79. The molecule has 0 aliphatic heterocycles. The molecule has 0 bridgehead atoms. The molecule has 210 valence electrons. The quantitative estimate of drug-likeness (QED) is 0.151. The van der Waals surface area contributed by atoms with E-state index < -0.39 is 0 Å². The highest BCUT2D eigenvalue weighted by Gasteiger charge is 2.13. The van der Waals surface area contributed by atoms with Crippen LogP contribution in [0.3, 0.4) is 0 Å². The molecule has 0 N–H and O–H groups in total. The van der Waals surface area contributed by atoms with Gasteiger partial charge in [0.05, 0.1) is 11.2 Å². The zero-order chi connectivity index (χ0) is 30.7. The highest BCUT2D eigenvalue weighted by molar-refractivity contribution is 7.34. The van der Waals surface area contributed by atoms with Crippen LogP contribution < -0.4 is 5.30 Å². The number of para-hydroxylation sites is 1. The summed E-state index contributed by atoms with van der Waals surface area (Å²) in [7, 11) is 0.0329. The Hall–Kier alpha value is -5.97. The molecule has 7 aromatic rings. The molecule has 0 saturated carbocycles. The number of pyridine rings is 1. The standard InChI is InChI=1S/C29H18NOP.C7H8.C6/c31-32-23-11-6-9-21(18-23)20-8-5-10-22(17-20)29-26-16-15-19-7-1-2-12-24(19)28(26)25-13-3-4-14-27(25)30-29;1-2-4-6-7-5-3-1;1-2-4-6-5-3-1/h1-18H;1-6H,7H2;. The summed E-state index contributed by atoms with van der Waals surface area (Å²) in [5.41, 5.74) is 5.16. The van der Waals surface area contributed by atoms with Crippen LogP contribution >= 0.6 is 8.46 Å². The fourth-order valence-electron chi connectivity index (χ4n) is 5.24. The van der Waals surface area contributed by atoms with E-state index in [-0.39, 0.29) is 8.46 Å². The minimum atomic E-state index is 0.0329. The van der Waals surface area contributed by atoms with Gasteiger partial charge in [-0.2, -0.15) is 0 Å². The number of allylic oxidation sites excluding steroid dienone is 6. The Morgan fingerprint density at radius 2 is 1.16 bits per heavy atom. The molecule has 8 rings (SSSR count). The van der Waals surface area contributed by atoms with Crippen molar-refractivity contribution in [2.75, 3.05) is 0 Å². The molecule has 45 heavy (non-hydrogen) atoms. The number of nitrogens with zero attached hydrogens (tertiary/aromatic N) is 1. The predicted octanol–water partition coefficient (Wildman–Crippen LogP) is 10.3. The molecule has 1 aliphatic rings. The van der Waals surface area contributed by atoms with Crippen LogP contribution in [0.1, 0.15) is 6.42 Å². The van der Waals surface area contributed by atoms with Gasteiger partial charge in [-0.25, -0.2) is 4.98 Å². The van der Waals surface area contributed by atoms with Crippen LogP contribution in [0.2, 0.25) is 0 Å². The highest BCUT2D eigenvalue weighted by Crippen LogP contribution is 2.37. The molecule has 0 radical (unpaired) electrons. The molecular formula is C42H26NOP. The molecular weight excluding hydrogens is 565 g/mol. The van der Waals surface area contributed by atoms with Crippen LogP contribution in [0.5, 0.6) is 0 Å². The summed E-state index contributed by atoms with van der Waals surface area (Å²) >= 11 is 0. The topological polar surface area (TPSA) is 30.0 Å². The summed E-state index contributed by atoms with van der Waals surface area (Å²) in [6, 6.07) is 52.5. The molecule has 1 heterocycles. The van der Waals surface area contributed by atoms with Gasteiger partial charge in [-0.1, -0.05) is 121 Å². The molecule has 1 aliphatic carbocycles. The monoisotopic (exact) mass is 591 g/mol. The van der Waals surface area contributed by atoms with E-state index in [1.807, 2.05) is 42.5 Å². The van der Waals surface area contributed by atoms with Crippen LogP contribution in [0.4, 0.5) is 0 Å². The second kappa shape index (κ2) is 14.5. The zero-order valence-electron chi connectivity index (χ0n) is 24.4. The van der Waals surface area contributed by atoms with Crippen molar-refractivity contribution in [2.45, 2.75) is 6.42 Å². The van der Waals surface area contributed by atoms with Gasteiger partial charge in [0.1, 0.15) is 0 Å².